The Morgan fingerprint density at radius 1 is 1.29 bits per heavy atom. The highest BCUT2D eigenvalue weighted by Gasteiger charge is 2.26. The van der Waals surface area contributed by atoms with Crippen LogP contribution < -0.4 is 0 Å². The molecule has 1 aliphatic heterocycles. The highest BCUT2D eigenvalue weighted by molar-refractivity contribution is 5.52. The number of β-amino-alcohol motifs (C(OH)–C–C–N with tert-alkyl or cyclic N) is 1. The lowest BCUT2D eigenvalue weighted by molar-refractivity contribution is 0.0333. The van der Waals surface area contributed by atoms with Gasteiger partial charge in [-0.3, -0.25) is 9.80 Å². The zero-order chi connectivity index (χ0) is 16.9. The van der Waals surface area contributed by atoms with Gasteiger partial charge < -0.3 is 9.52 Å². The van der Waals surface area contributed by atoms with Gasteiger partial charge in [-0.05, 0) is 25.5 Å². The lowest BCUT2D eigenvalue weighted by Gasteiger charge is -2.41. The van der Waals surface area contributed by atoms with E-state index in [-0.39, 0.29) is 6.10 Å². The standard InChI is InChI=1S/C19H27N3O2/c1-3-18-13-21(9-10-22(18)11-15(2)23)12-17-14-24-19(20-17)16-7-5-4-6-8-16/h4-8,14-15,18,23H,3,9-13H2,1-2H3. The van der Waals surface area contributed by atoms with Crippen LogP contribution in [0.15, 0.2) is 41.0 Å². The minimum Gasteiger partial charge on any atom is -0.444 e. The second-order valence-electron chi connectivity index (χ2n) is 6.65. The Morgan fingerprint density at radius 2 is 2.08 bits per heavy atom. The fourth-order valence-corrected chi connectivity index (χ4v) is 3.39. The summed E-state index contributed by atoms with van der Waals surface area (Å²) in [4.78, 5) is 9.46. The van der Waals surface area contributed by atoms with E-state index in [1.54, 1.807) is 6.26 Å². The summed E-state index contributed by atoms with van der Waals surface area (Å²) in [7, 11) is 0. The third kappa shape index (κ3) is 4.23. The second-order valence-corrected chi connectivity index (χ2v) is 6.65. The van der Waals surface area contributed by atoms with Crippen molar-refractivity contribution in [3.05, 3.63) is 42.3 Å². The number of hydrogen-bond acceptors (Lipinski definition) is 5. The van der Waals surface area contributed by atoms with E-state index in [0.717, 1.165) is 50.4 Å². The van der Waals surface area contributed by atoms with Crippen molar-refractivity contribution in [2.75, 3.05) is 26.2 Å². The van der Waals surface area contributed by atoms with Gasteiger partial charge in [0.15, 0.2) is 0 Å². The molecule has 1 N–H and O–H groups in total. The van der Waals surface area contributed by atoms with E-state index in [4.69, 9.17) is 4.42 Å². The minimum absolute atomic E-state index is 0.269. The molecule has 0 amide bonds. The van der Waals surface area contributed by atoms with Crippen molar-refractivity contribution in [2.24, 2.45) is 0 Å². The van der Waals surface area contributed by atoms with Crippen LogP contribution in [0, 0.1) is 0 Å². The number of oxazole rings is 1. The summed E-state index contributed by atoms with van der Waals surface area (Å²) in [6, 6.07) is 10.5. The molecule has 3 rings (SSSR count). The van der Waals surface area contributed by atoms with Crippen LogP contribution in [-0.4, -0.2) is 58.2 Å². The molecule has 2 atom stereocenters. The van der Waals surface area contributed by atoms with Crippen molar-refractivity contribution >= 4 is 0 Å². The number of aromatic nitrogens is 1. The zero-order valence-corrected chi connectivity index (χ0v) is 14.6. The van der Waals surface area contributed by atoms with Gasteiger partial charge >= 0.3 is 0 Å². The Kier molecular flexibility index (Phi) is 5.66. The molecule has 0 saturated carbocycles. The molecule has 5 nitrogen and oxygen atoms in total. The molecule has 0 radical (unpaired) electrons. The average Bonchev–Trinajstić information content (AvgIpc) is 3.05. The zero-order valence-electron chi connectivity index (χ0n) is 14.6. The number of aliphatic hydroxyl groups excluding tert-OH is 1. The van der Waals surface area contributed by atoms with Crippen LogP contribution in [0.1, 0.15) is 26.0 Å². The molecule has 1 aromatic heterocycles. The first-order valence-electron chi connectivity index (χ1n) is 8.80. The summed E-state index contributed by atoms with van der Waals surface area (Å²) in [6.45, 7) is 8.65. The molecule has 2 heterocycles. The Labute approximate surface area is 143 Å². The molecule has 1 aliphatic rings. The lowest BCUT2D eigenvalue weighted by atomic mass is 10.1. The first kappa shape index (κ1) is 17.1. The van der Waals surface area contributed by atoms with E-state index in [9.17, 15) is 5.11 Å². The fraction of sp³-hybridized carbons (Fsp3) is 0.526. The van der Waals surface area contributed by atoms with Gasteiger partial charge in [0.2, 0.25) is 5.89 Å². The summed E-state index contributed by atoms with van der Waals surface area (Å²) in [5, 5.41) is 9.65. The van der Waals surface area contributed by atoms with Crippen LogP contribution >= 0.6 is 0 Å². The summed E-state index contributed by atoms with van der Waals surface area (Å²) in [6.07, 6.45) is 2.59. The van der Waals surface area contributed by atoms with Gasteiger partial charge in [-0.1, -0.05) is 25.1 Å². The highest BCUT2D eigenvalue weighted by Crippen LogP contribution is 2.20. The number of nitrogens with zero attached hydrogens (tertiary/aromatic N) is 3. The van der Waals surface area contributed by atoms with Crippen LogP contribution in [0.25, 0.3) is 11.5 Å². The van der Waals surface area contributed by atoms with E-state index < -0.39 is 0 Å². The Balaban J connectivity index is 1.60. The summed E-state index contributed by atoms with van der Waals surface area (Å²) in [5.41, 5.74) is 1.99. The van der Waals surface area contributed by atoms with Gasteiger partial charge in [0.05, 0.1) is 11.8 Å². The van der Waals surface area contributed by atoms with Crippen LogP contribution in [0.2, 0.25) is 0 Å². The molecule has 0 bridgehead atoms. The van der Waals surface area contributed by atoms with E-state index in [2.05, 4.69) is 21.7 Å². The normalized spacial score (nSPS) is 21.0. The molecular formula is C19H27N3O2. The van der Waals surface area contributed by atoms with Crippen molar-refractivity contribution in [2.45, 2.75) is 39.0 Å². The van der Waals surface area contributed by atoms with Crippen molar-refractivity contribution < 1.29 is 9.52 Å². The molecule has 2 aromatic rings. The van der Waals surface area contributed by atoms with Crippen molar-refractivity contribution in [3.63, 3.8) is 0 Å². The number of rotatable bonds is 6. The van der Waals surface area contributed by atoms with Crippen LogP contribution in [0.3, 0.4) is 0 Å². The molecule has 1 saturated heterocycles. The quantitative estimate of drug-likeness (QED) is 0.883. The number of aliphatic hydroxyl groups is 1. The van der Waals surface area contributed by atoms with Crippen LogP contribution in [-0.2, 0) is 6.54 Å². The minimum atomic E-state index is -0.269. The summed E-state index contributed by atoms with van der Waals surface area (Å²) >= 11 is 0. The van der Waals surface area contributed by atoms with Gasteiger partial charge in [-0.25, -0.2) is 4.98 Å². The largest absolute Gasteiger partial charge is 0.444 e. The number of benzene rings is 1. The fourth-order valence-electron chi connectivity index (χ4n) is 3.39. The van der Waals surface area contributed by atoms with Crippen molar-refractivity contribution in [3.8, 4) is 11.5 Å². The monoisotopic (exact) mass is 329 g/mol. The molecule has 0 spiro atoms. The number of piperazine rings is 1. The van der Waals surface area contributed by atoms with E-state index >= 15 is 0 Å². The van der Waals surface area contributed by atoms with Gasteiger partial charge in [0, 0.05) is 44.3 Å². The van der Waals surface area contributed by atoms with Crippen molar-refractivity contribution in [1.82, 2.24) is 14.8 Å². The topological polar surface area (TPSA) is 52.7 Å². The van der Waals surface area contributed by atoms with E-state index in [1.807, 2.05) is 37.3 Å². The Morgan fingerprint density at radius 3 is 2.79 bits per heavy atom. The van der Waals surface area contributed by atoms with E-state index in [0.29, 0.717) is 11.9 Å². The third-order valence-electron chi connectivity index (χ3n) is 4.62. The Bertz CT molecular complexity index is 627. The molecule has 24 heavy (non-hydrogen) atoms. The van der Waals surface area contributed by atoms with Gasteiger partial charge in [-0.15, -0.1) is 0 Å². The van der Waals surface area contributed by atoms with Gasteiger partial charge in [-0.2, -0.15) is 0 Å². The maximum absolute atomic E-state index is 9.65. The molecule has 0 aliphatic carbocycles. The third-order valence-corrected chi connectivity index (χ3v) is 4.62. The first-order chi connectivity index (χ1) is 11.7. The maximum atomic E-state index is 9.65. The maximum Gasteiger partial charge on any atom is 0.226 e. The molecule has 2 unspecified atom stereocenters. The number of hydrogen-bond donors (Lipinski definition) is 1. The smallest absolute Gasteiger partial charge is 0.226 e. The first-order valence-corrected chi connectivity index (χ1v) is 8.80. The second kappa shape index (κ2) is 7.92. The molecular weight excluding hydrogens is 302 g/mol. The SMILES string of the molecule is CCC1CN(Cc2coc(-c3ccccc3)n2)CCN1CC(C)O. The molecule has 130 valence electrons. The van der Waals surface area contributed by atoms with Gasteiger partial charge in [0.25, 0.3) is 0 Å². The van der Waals surface area contributed by atoms with Crippen LogP contribution in [0.4, 0.5) is 0 Å². The predicted molar refractivity (Wildman–Crippen MR) is 94.5 cm³/mol. The van der Waals surface area contributed by atoms with Crippen molar-refractivity contribution in [1.29, 1.82) is 0 Å². The summed E-state index contributed by atoms with van der Waals surface area (Å²) in [5.74, 6) is 0.686. The molecule has 1 aromatic carbocycles. The Hall–Kier alpha value is -1.69. The van der Waals surface area contributed by atoms with Gasteiger partial charge in [0.1, 0.15) is 6.26 Å². The molecule has 5 heteroatoms. The summed E-state index contributed by atoms with van der Waals surface area (Å²) < 4.78 is 5.64. The lowest BCUT2D eigenvalue weighted by Crippen LogP contribution is -2.54. The molecule has 1 fully saturated rings. The average molecular weight is 329 g/mol. The van der Waals surface area contributed by atoms with E-state index in [1.165, 1.54) is 0 Å². The highest BCUT2D eigenvalue weighted by atomic mass is 16.3. The predicted octanol–water partition coefficient (Wildman–Crippen LogP) is 2.62. The van der Waals surface area contributed by atoms with Crippen LogP contribution in [0.5, 0.6) is 0 Å².